The second-order valence-electron chi connectivity index (χ2n) is 2.03. The van der Waals surface area contributed by atoms with E-state index in [2.05, 4.69) is 5.32 Å². The normalized spacial score (nSPS) is 13.9. The molecular weight excluding hydrogens is 122 g/mol. The van der Waals surface area contributed by atoms with Crippen molar-refractivity contribution in [1.29, 1.82) is 0 Å². The fourth-order valence-corrected chi connectivity index (χ4v) is 0.714. The average molecular weight is 136 g/mol. The van der Waals surface area contributed by atoms with Gasteiger partial charge in [0.25, 0.3) is 0 Å². The molecule has 0 aliphatic heterocycles. The summed E-state index contributed by atoms with van der Waals surface area (Å²) in [6, 6.07) is 0. The molecule has 1 N–H and O–H groups in total. The molecule has 0 saturated heterocycles. The lowest BCUT2D eigenvalue weighted by atomic mass is 10.2. The Bertz CT molecular complexity index is 45.8. The third-order valence-corrected chi connectivity index (χ3v) is 1.25. The lowest BCUT2D eigenvalue weighted by Gasteiger charge is -1.99. The van der Waals surface area contributed by atoms with Gasteiger partial charge in [0.1, 0.15) is 0 Å². The zero-order valence-corrected chi connectivity index (χ0v) is 6.33. The van der Waals surface area contributed by atoms with Gasteiger partial charge in [0.2, 0.25) is 0 Å². The molecule has 0 aliphatic rings. The van der Waals surface area contributed by atoms with Crippen LogP contribution in [-0.4, -0.2) is 19.0 Å². The Morgan fingerprint density at radius 1 is 1.62 bits per heavy atom. The highest BCUT2D eigenvalue weighted by Gasteiger charge is 1.92. The van der Waals surface area contributed by atoms with Crippen molar-refractivity contribution in [1.82, 2.24) is 5.32 Å². The first-order valence-electron chi connectivity index (χ1n) is 3.06. The summed E-state index contributed by atoms with van der Waals surface area (Å²) in [6.07, 6.45) is 2.30. The summed E-state index contributed by atoms with van der Waals surface area (Å²) >= 11 is 5.69. The molecule has 0 aromatic rings. The lowest BCUT2D eigenvalue weighted by Crippen LogP contribution is -2.08. The van der Waals surface area contributed by atoms with Crippen molar-refractivity contribution in [2.75, 3.05) is 13.6 Å². The summed E-state index contributed by atoms with van der Waals surface area (Å²) in [5.74, 6) is 0. The van der Waals surface area contributed by atoms with E-state index in [0.717, 1.165) is 13.0 Å². The fraction of sp³-hybridized carbons (Fsp3) is 1.00. The van der Waals surface area contributed by atoms with Crippen LogP contribution in [0.5, 0.6) is 0 Å². The van der Waals surface area contributed by atoms with Crippen molar-refractivity contribution in [2.45, 2.75) is 25.1 Å². The summed E-state index contributed by atoms with van der Waals surface area (Å²) < 4.78 is 0. The molecular formula is C6H14ClN. The molecule has 0 heterocycles. The van der Waals surface area contributed by atoms with Crippen LogP contribution in [0.2, 0.25) is 0 Å². The van der Waals surface area contributed by atoms with Crippen LogP contribution in [0.15, 0.2) is 0 Å². The Hall–Kier alpha value is 0.250. The van der Waals surface area contributed by atoms with Gasteiger partial charge in [-0.2, -0.15) is 0 Å². The van der Waals surface area contributed by atoms with Gasteiger partial charge in [-0.05, 0) is 33.4 Å². The molecule has 0 amide bonds. The van der Waals surface area contributed by atoms with E-state index in [1.165, 1.54) is 6.42 Å². The van der Waals surface area contributed by atoms with Gasteiger partial charge in [-0.3, -0.25) is 0 Å². The number of hydrogen-bond acceptors (Lipinski definition) is 1. The highest BCUT2D eigenvalue weighted by Crippen LogP contribution is 2.01. The second kappa shape index (κ2) is 5.39. The maximum absolute atomic E-state index is 5.69. The van der Waals surface area contributed by atoms with Gasteiger partial charge in [-0.25, -0.2) is 0 Å². The second-order valence-corrected chi connectivity index (χ2v) is 2.77. The Labute approximate surface area is 56.4 Å². The van der Waals surface area contributed by atoms with E-state index in [1.54, 1.807) is 0 Å². The molecule has 0 aromatic carbocycles. The van der Waals surface area contributed by atoms with Crippen LogP contribution in [0.1, 0.15) is 19.8 Å². The third kappa shape index (κ3) is 6.25. The minimum absolute atomic E-state index is 0.336. The summed E-state index contributed by atoms with van der Waals surface area (Å²) in [6.45, 7) is 3.11. The molecule has 0 aromatic heterocycles. The Morgan fingerprint density at radius 2 is 2.25 bits per heavy atom. The first kappa shape index (κ1) is 8.25. The SMILES string of the molecule is CNCCCC(C)Cl. The maximum Gasteiger partial charge on any atom is 0.0308 e. The van der Waals surface area contributed by atoms with Crippen LogP contribution in [0.4, 0.5) is 0 Å². The van der Waals surface area contributed by atoms with Crippen LogP contribution in [0.3, 0.4) is 0 Å². The molecule has 1 unspecified atom stereocenters. The predicted molar refractivity (Wildman–Crippen MR) is 38.5 cm³/mol. The summed E-state index contributed by atoms with van der Waals surface area (Å²) in [5.41, 5.74) is 0. The van der Waals surface area contributed by atoms with E-state index in [4.69, 9.17) is 11.6 Å². The Kier molecular flexibility index (Phi) is 5.56. The predicted octanol–water partition coefficient (Wildman–Crippen LogP) is 1.61. The highest BCUT2D eigenvalue weighted by molar-refractivity contribution is 6.20. The molecule has 2 heteroatoms. The van der Waals surface area contributed by atoms with Crippen LogP contribution >= 0.6 is 11.6 Å². The summed E-state index contributed by atoms with van der Waals surface area (Å²) in [5, 5.41) is 3.40. The van der Waals surface area contributed by atoms with E-state index < -0.39 is 0 Å². The topological polar surface area (TPSA) is 12.0 Å². The van der Waals surface area contributed by atoms with Crippen molar-refractivity contribution in [3.05, 3.63) is 0 Å². The van der Waals surface area contributed by atoms with Crippen molar-refractivity contribution < 1.29 is 0 Å². The highest BCUT2D eigenvalue weighted by atomic mass is 35.5. The molecule has 1 atom stereocenters. The van der Waals surface area contributed by atoms with Gasteiger partial charge in [0, 0.05) is 5.38 Å². The molecule has 8 heavy (non-hydrogen) atoms. The first-order valence-corrected chi connectivity index (χ1v) is 3.49. The van der Waals surface area contributed by atoms with E-state index in [-0.39, 0.29) is 0 Å². The van der Waals surface area contributed by atoms with Crippen molar-refractivity contribution >= 4 is 11.6 Å². The quantitative estimate of drug-likeness (QED) is 0.456. The number of alkyl halides is 1. The monoisotopic (exact) mass is 135 g/mol. The van der Waals surface area contributed by atoms with Gasteiger partial charge in [-0.1, -0.05) is 0 Å². The van der Waals surface area contributed by atoms with E-state index in [1.807, 2.05) is 14.0 Å². The first-order chi connectivity index (χ1) is 3.77. The molecule has 1 nitrogen and oxygen atoms in total. The van der Waals surface area contributed by atoms with Crippen LogP contribution < -0.4 is 5.32 Å². The van der Waals surface area contributed by atoms with Gasteiger partial charge in [0.15, 0.2) is 0 Å². The van der Waals surface area contributed by atoms with Crippen LogP contribution in [-0.2, 0) is 0 Å². The molecule has 0 rings (SSSR count). The number of halogens is 1. The largest absolute Gasteiger partial charge is 0.320 e. The average Bonchev–Trinajstić information content (AvgIpc) is 1.66. The summed E-state index contributed by atoms with van der Waals surface area (Å²) in [7, 11) is 1.96. The van der Waals surface area contributed by atoms with Gasteiger partial charge in [0.05, 0.1) is 0 Å². The van der Waals surface area contributed by atoms with Gasteiger partial charge < -0.3 is 5.32 Å². The maximum atomic E-state index is 5.69. The van der Waals surface area contributed by atoms with Crippen molar-refractivity contribution in [3.8, 4) is 0 Å². The third-order valence-electron chi connectivity index (χ3n) is 1.03. The molecule has 0 fully saturated rings. The fourth-order valence-electron chi connectivity index (χ4n) is 0.560. The molecule has 0 radical (unpaired) electrons. The zero-order valence-electron chi connectivity index (χ0n) is 5.58. The molecule has 0 spiro atoms. The molecule has 0 aliphatic carbocycles. The van der Waals surface area contributed by atoms with Crippen LogP contribution in [0.25, 0.3) is 0 Å². The summed E-state index contributed by atoms with van der Waals surface area (Å²) in [4.78, 5) is 0. The number of rotatable bonds is 4. The van der Waals surface area contributed by atoms with E-state index in [0.29, 0.717) is 5.38 Å². The van der Waals surface area contributed by atoms with Crippen LogP contribution in [0, 0.1) is 0 Å². The van der Waals surface area contributed by atoms with Gasteiger partial charge in [-0.15, -0.1) is 11.6 Å². The minimum Gasteiger partial charge on any atom is -0.320 e. The van der Waals surface area contributed by atoms with Crippen molar-refractivity contribution in [2.24, 2.45) is 0 Å². The smallest absolute Gasteiger partial charge is 0.0308 e. The van der Waals surface area contributed by atoms with Gasteiger partial charge >= 0.3 is 0 Å². The zero-order chi connectivity index (χ0) is 6.41. The molecule has 50 valence electrons. The Morgan fingerprint density at radius 3 is 2.62 bits per heavy atom. The minimum atomic E-state index is 0.336. The standard InChI is InChI=1S/C6H14ClN/c1-6(7)4-3-5-8-2/h6,8H,3-5H2,1-2H3. The number of nitrogens with one attached hydrogen (secondary N) is 1. The van der Waals surface area contributed by atoms with E-state index >= 15 is 0 Å². The molecule has 0 bridgehead atoms. The van der Waals surface area contributed by atoms with E-state index in [9.17, 15) is 0 Å². The lowest BCUT2D eigenvalue weighted by molar-refractivity contribution is 0.671. The number of hydrogen-bond donors (Lipinski definition) is 1. The van der Waals surface area contributed by atoms with Crippen molar-refractivity contribution in [3.63, 3.8) is 0 Å². The molecule has 0 saturated carbocycles. The Balaban J connectivity index is 2.72.